The number of carbonyl (C=O) groups is 2. The van der Waals surface area contributed by atoms with E-state index < -0.39 is 5.92 Å². The Labute approximate surface area is 179 Å². The molecule has 30 heavy (non-hydrogen) atoms. The molecule has 0 spiro atoms. The van der Waals surface area contributed by atoms with E-state index in [1.54, 1.807) is 47.4 Å². The van der Waals surface area contributed by atoms with Crippen molar-refractivity contribution >= 4 is 46.2 Å². The van der Waals surface area contributed by atoms with Gasteiger partial charge in [-0.2, -0.15) is 10.2 Å². The molecule has 0 aromatic heterocycles. The Balaban J connectivity index is 1.38. The SMILES string of the molecule is O=C(Nc1ccc(N=Nc2ccccc2)cc1)C1CC(=O)N(c2ccccc2Cl)C1. The van der Waals surface area contributed by atoms with Crippen molar-refractivity contribution < 1.29 is 9.59 Å². The standard InChI is InChI=1S/C23H19ClN4O2/c24-20-8-4-5-9-21(20)28-15-16(14-22(28)29)23(30)25-17-10-12-19(13-11-17)27-26-18-6-2-1-3-7-18/h1-13,16H,14-15H2,(H,25,30). The van der Waals surface area contributed by atoms with Crippen molar-refractivity contribution in [2.24, 2.45) is 16.1 Å². The van der Waals surface area contributed by atoms with Crippen molar-refractivity contribution in [3.05, 3.63) is 83.9 Å². The molecule has 1 unspecified atom stereocenters. The molecule has 4 rings (SSSR count). The van der Waals surface area contributed by atoms with Gasteiger partial charge in [-0.3, -0.25) is 9.59 Å². The van der Waals surface area contributed by atoms with E-state index in [9.17, 15) is 9.59 Å². The lowest BCUT2D eigenvalue weighted by Gasteiger charge is -2.18. The maximum absolute atomic E-state index is 12.7. The number of halogens is 1. The molecule has 1 aliphatic heterocycles. The predicted octanol–water partition coefficient (Wildman–Crippen LogP) is 5.75. The van der Waals surface area contributed by atoms with E-state index in [2.05, 4.69) is 15.5 Å². The van der Waals surface area contributed by atoms with Gasteiger partial charge in [-0.1, -0.05) is 41.9 Å². The fourth-order valence-electron chi connectivity index (χ4n) is 3.25. The number of nitrogens with zero attached hydrogens (tertiary/aromatic N) is 3. The van der Waals surface area contributed by atoms with Gasteiger partial charge in [0.15, 0.2) is 0 Å². The minimum atomic E-state index is -0.439. The van der Waals surface area contributed by atoms with Gasteiger partial charge in [0, 0.05) is 18.7 Å². The molecule has 0 bridgehead atoms. The molecule has 6 nitrogen and oxygen atoms in total. The first-order chi connectivity index (χ1) is 14.6. The molecule has 3 aromatic rings. The summed E-state index contributed by atoms with van der Waals surface area (Å²) in [7, 11) is 0. The lowest BCUT2D eigenvalue weighted by Crippen LogP contribution is -2.28. The third-order valence-corrected chi connectivity index (χ3v) is 5.13. The van der Waals surface area contributed by atoms with Crippen molar-refractivity contribution in [3.8, 4) is 0 Å². The molecule has 7 heteroatoms. The van der Waals surface area contributed by atoms with Gasteiger partial charge in [0.1, 0.15) is 0 Å². The fourth-order valence-corrected chi connectivity index (χ4v) is 3.49. The minimum absolute atomic E-state index is 0.111. The Morgan fingerprint density at radius 1 is 0.900 bits per heavy atom. The number of hydrogen-bond acceptors (Lipinski definition) is 4. The summed E-state index contributed by atoms with van der Waals surface area (Å²) >= 11 is 6.20. The highest BCUT2D eigenvalue weighted by molar-refractivity contribution is 6.33. The number of nitrogens with one attached hydrogen (secondary N) is 1. The molecular formula is C23H19ClN4O2. The Morgan fingerprint density at radius 2 is 1.53 bits per heavy atom. The molecule has 3 aromatic carbocycles. The molecule has 2 amide bonds. The molecule has 1 N–H and O–H groups in total. The molecule has 1 fully saturated rings. The molecule has 0 aliphatic carbocycles. The highest BCUT2D eigenvalue weighted by atomic mass is 35.5. The average Bonchev–Trinajstić information content (AvgIpc) is 3.16. The van der Waals surface area contributed by atoms with Crippen LogP contribution in [0.1, 0.15) is 6.42 Å². The van der Waals surface area contributed by atoms with Gasteiger partial charge in [0.05, 0.1) is 28.0 Å². The van der Waals surface area contributed by atoms with Crippen LogP contribution in [-0.2, 0) is 9.59 Å². The van der Waals surface area contributed by atoms with Gasteiger partial charge >= 0.3 is 0 Å². The monoisotopic (exact) mass is 418 g/mol. The smallest absolute Gasteiger partial charge is 0.229 e. The normalized spacial score (nSPS) is 16.2. The zero-order chi connectivity index (χ0) is 20.9. The Morgan fingerprint density at radius 3 is 2.23 bits per heavy atom. The minimum Gasteiger partial charge on any atom is -0.326 e. The van der Waals surface area contributed by atoms with Crippen LogP contribution >= 0.6 is 11.6 Å². The van der Waals surface area contributed by atoms with Gasteiger partial charge in [0.2, 0.25) is 11.8 Å². The Kier molecular flexibility index (Phi) is 5.86. The van der Waals surface area contributed by atoms with Gasteiger partial charge in [-0.15, -0.1) is 0 Å². The molecule has 0 radical (unpaired) electrons. The first-order valence-corrected chi connectivity index (χ1v) is 9.90. The van der Waals surface area contributed by atoms with E-state index in [-0.39, 0.29) is 18.2 Å². The van der Waals surface area contributed by atoms with E-state index in [0.29, 0.717) is 28.6 Å². The van der Waals surface area contributed by atoms with E-state index in [1.807, 2.05) is 36.4 Å². The van der Waals surface area contributed by atoms with Gasteiger partial charge in [0.25, 0.3) is 0 Å². The number of azo groups is 1. The van der Waals surface area contributed by atoms with Crippen LogP contribution in [0.15, 0.2) is 89.1 Å². The van der Waals surface area contributed by atoms with Crippen LogP contribution in [0.5, 0.6) is 0 Å². The third kappa shape index (κ3) is 4.55. The van der Waals surface area contributed by atoms with Crippen molar-refractivity contribution in [2.45, 2.75) is 6.42 Å². The molecule has 1 aliphatic rings. The summed E-state index contributed by atoms with van der Waals surface area (Å²) in [5.74, 6) is -0.747. The number of amides is 2. The van der Waals surface area contributed by atoms with Gasteiger partial charge in [-0.05, 0) is 48.5 Å². The van der Waals surface area contributed by atoms with Crippen molar-refractivity contribution in [1.29, 1.82) is 0 Å². The van der Waals surface area contributed by atoms with Crippen LogP contribution in [0, 0.1) is 5.92 Å². The number of benzene rings is 3. The van der Waals surface area contributed by atoms with E-state index in [0.717, 1.165) is 5.69 Å². The Bertz CT molecular complexity index is 1080. The van der Waals surface area contributed by atoms with Crippen LogP contribution in [0.4, 0.5) is 22.7 Å². The van der Waals surface area contributed by atoms with Crippen molar-refractivity contribution in [1.82, 2.24) is 0 Å². The maximum atomic E-state index is 12.7. The number of rotatable bonds is 5. The quantitative estimate of drug-likeness (QED) is 0.536. The molecule has 1 heterocycles. The maximum Gasteiger partial charge on any atom is 0.229 e. The Hall–Kier alpha value is -3.51. The summed E-state index contributed by atoms with van der Waals surface area (Å²) < 4.78 is 0. The number of anilines is 2. The highest BCUT2D eigenvalue weighted by Gasteiger charge is 2.35. The second-order valence-electron chi connectivity index (χ2n) is 6.93. The largest absolute Gasteiger partial charge is 0.326 e. The zero-order valence-electron chi connectivity index (χ0n) is 16.0. The molecule has 1 saturated heterocycles. The summed E-state index contributed by atoms with van der Waals surface area (Å²) in [6.07, 6.45) is 0.153. The van der Waals surface area contributed by atoms with E-state index in [1.165, 1.54) is 0 Å². The van der Waals surface area contributed by atoms with E-state index >= 15 is 0 Å². The van der Waals surface area contributed by atoms with Crippen LogP contribution in [0.3, 0.4) is 0 Å². The predicted molar refractivity (Wildman–Crippen MR) is 118 cm³/mol. The lowest BCUT2D eigenvalue weighted by molar-refractivity contribution is -0.122. The first kappa shape index (κ1) is 19.8. The molecular weight excluding hydrogens is 400 g/mol. The topological polar surface area (TPSA) is 74.1 Å². The molecule has 1 atom stereocenters. The summed E-state index contributed by atoms with van der Waals surface area (Å²) in [6.45, 7) is 0.303. The second kappa shape index (κ2) is 8.88. The number of para-hydroxylation sites is 1. The van der Waals surface area contributed by atoms with Crippen LogP contribution < -0.4 is 10.2 Å². The fraction of sp³-hybridized carbons (Fsp3) is 0.130. The number of carbonyl (C=O) groups excluding carboxylic acids is 2. The van der Waals surface area contributed by atoms with Gasteiger partial charge in [-0.25, -0.2) is 0 Å². The van der Waals surface area contributed by atoms with Crippen LogP contribution in [-0.4, -0.2) is 18.4 Å². The summed E-state index contributed by atoms with van der Waals surface area (Å²) in [4.78, 5) is 26.6. The van der Waals surface area contributed by atoms with Crippen molar-refractivity contribution in [2.75, 3.05) is 16.8 Å². The zero-order valence-corrected chi connectivity index (χ0v) is 16.8. The van der Waals surface area contributed by atoms with E-state index in [4.69, 9.17) is 11.6 Å². The molecule has 150 valence electrons. The summed E-state index contributed by atoms with van der Waals surface area (Å²) in [6, 6.07) is 23.7. The summed E-state index contributed by atoms with van der Waals surface area (Å²) in [5, 5.41) is 11.7. The van der Waals surface area contributed by atoms with Gasteiger partial charge < -0.3 is 10.2 Å². The van der Waals surface area contributed by atoms with Crippen LogP contribution in [0.25, 0.3) is 0 Å². The highest BCUT2D eigenvalue weighted by Crippen LogP contribution is 2.31. The lowest BCUT2D eigenvalue weighted by atomic mass is 10.1. The number of hydrogen-bond donors (Lipinski definition) is 1. The third-order valence-electron chi connectivity index (χ3n) is 4.81. The van der Waals surface area contributed by atoms with Crippen molar-refractivity contribution in [3.63, 3.8) is 0 Å². The first-order valence-electron chi connectivity index (χ1n) is 9.53. The second-order valence-corrected chi connectivity index (χ2v) is 7.34. The average molecular weight is 419 g/mol. The van der Waals surface area contributed by atoms with Crippen LogP contribution in [0.2, 0.25) is 5.02 Å². The summed E-state index contributed by atoms with van der Waals surface area (Å²) in [5.41, 5.74) is 2.72. The molecule has 0 saturated carbocycles.